The Bertz CT molecular complexity index is 315. The normalized spacial score (nSPS) is 10.6. The minimum absolute atomic E-state index is 0.338. The van der Waals surface area contributed by atoms with Crippen molar-refractivity contribution >= 4 is 12.0 Å². The number of imidazole rings is 1. The number of esters is 1. The van der Waals surface area contributed by atoms with Crippen molar-refractivity contribution in [2.75, 3.05) is 6.61 Å². The highest BCUT2D eigenvalue weighted by atomic mass is 16.5. The lowest BCUT2D eigenvalue weighted by molar-refractivity contribution is -0.137. The molecule has 0 aliphatic rings. The standard InChI is InChI=1S/C9H12N2O2/c1-3-13-9(12)5-4-8-6-10-7(2)11-8/h4-6H,3H2,1-2H3,(H,10,11)/b5-4+. The van der Waals surface area contributed by atoms with Gasteiger partial charge in [-0.2, -0.15) is 0 Å². The molecule has 0 saturated heterocycles. The molecule has 1 rings (SSSR count). The van der Waals surface area contributed by atoms with E-state index in [1.165, 1.54) is 6.08 Å². The second kappa shape index (κ2) is 4.45. The van der Waals surface area contributed by atoms with Gasteiger partial charge in [-0.15, -0.1) is 0 Å². The van der Waals surface area contributed by atoms with Crippen molar-refractivity contribution in [3.63, 3.8) is 0 Å². The highest BCUT2D eigenvalue weighted by Gasteiger charge is 1.95. The number of nitrogens with zero attached hydrogens (tertiary/aromatic N) is 1. The summed E-state index contributed by atoms with van der Waals surface area (Å²) in [4.78, 5) is 17.8. The lowest BCUT2D eigenvalue weighted by atomic mass is 10.4. The number of aryl methyl sites for hydroxylation is 1. The number of aromatic amines is 1. The fourth-order valence-corrected chi connectivity index (χ4v) is 0.873. The third-order valence-corrected chi connectivity index (χ3v) is 1.41. The Morgan fingerprint density at radius 2 is 2.54 bits per heavy atom. The van der Waals surface area contributed by atoms with Crippen LogP contribution >= 0.6 is 0 Å². The van der Waals surface area contributed by atoms with E-state index in [9.17, 15) is 4.79 Å². The molecule has 13 heavy (non-hydrogen) atoms. The van der Waals surface area contributed by atoms with Crippen LogP contribution in [0.25, 0.3) is 6.08 Å². The van der Waals surface area contributed by atoms with E-state index in [2.05, 4.69) is 9.97 Å². The Hall–Kier alpha value is -1.58. The van der Waals surface area contributed by atoms with Gasteiger partial charge in [-0.05, 0) is 19.9 Å². The van der Waals surface area contributed by atoms with Gasteiger partial charge >= 0.3 is 5.97 Å². The first-order chi connectivity index (χ1) is 6.22. The van der Waals surface area contributed by atoms with E-state index in [1.807, 2.05) is 6.92 Å². The SMILES string of the molecule is CCOC(=O)/C=C/c1cnc(C)[nH]1. The summed E-state index contributed by atoms with van der Waals surface area (Å²) in [5.41, 5.74) is 0.797. The highest BCUT2D eigenvalue weighted by molar-refractivity contribution is 5.86. The molecule has 0 aromatic carbocycles. The van der Waals surface area contributed by atoms with Crippen molar-refractivity contribution in [1.29, 1.82) is 0 Å². The maximum absolute atomic E-state index is 10.9. The first kappa shape index (κ1) is 9.51. The molecular weight excluding hydrogens is 168 g/mol. The zero-order chi connectivity index (χ0) is 9.68. The highest BCUT2D eigenvalue weighted by Crippen LogP contribution is 1.98. The summed E-state index contributed by atoms with van der Waals surface area (Å²) in [6.45, 7) is 4.01. The Morgan fingerprint density at radius 1 is 1.77 bits per heavy atom. The number of ether oxygens (including phenoxy) is 1. The Balaban J connectivity index is 2.53. The topological polar surface area (TPSA) is 55.0 Å². The van der Waals surface area contributed by atoms with Gasteiger partial charge in [-0.1, -0.05) is 0 Å². The van der Waals surface area contributed by atoms with Gasteiger partial charge < -0.3 is 9.72 Å². The molecule has 0 aliphatic carbocycles. The van der Waals surface area contributed by atoms with Gasteiger partial charge in [0.05, 0.1) is 18.5 Å². The molecule has 1 aromatic rings. The summed E-state index contributed by atoms with van der Waals surface area (Å²) in [5, 5.41) is 0. The Labute approximate surface area is 76.6 Å². The van der Waals surface area contributed by atoms with Crippen LogP contribution < -0.4 is 0 Å². The molecule has 0 aliphatic heterocycles. The molecule has 1 heterocycles. The van der Waals surface area contributed by atoms with E-state index in [-0.39, 0.29) is 5.97 Å². The third kappa shape index (κ3) is 3.11. The Morgan fingerprint density at radius 3 is 3.08 bits per heavy atom. The fourth-order valence-electron chi connectivity index (χ4n) is 0.873. The second-order valence-electron chi connectivity index (χ2n) is 2.51. The van der Waals surface area contributed by atoms with E-state index >= 15 is 0 Å². The van der Waals surface area contributed by atoms with Gasteiger partial charge in [0, 0.05) is 6.08 Å². The average molecular weight is 180 g/mol. The number of rotatable bonds is 3. The predicted molar refractivity (Wildman–Crippen MR) is 49.0 cm³/mol. The third-order valence-electron chi connectivity index (χ3n) is 1.41. The summed E-state index contributed by atoms with van der Waals surface area (Å²) in [5.74, 6) is 0.485. The minimum atomic E-state index is -0.338. The lowest BCUT2D eigenvalue weighted by Gasteiger charge is -1.93. The van der Waals surface area contributed by atoms with Gasteiger partial charge in [0.2, 0.25) is 0 Å². The molecule has 4 heteroatoms. The van der Waals surface area contributed by atoms with Crippen molar-refractivity contribution in [3.05, 3.63) is 23.8 Å². The zero-order valence-corrected chi connectivity index (χ0v) is 7.70. The van der Waals surface area contributed by atoms with E-state index in [0.29, 0.717) is 6.61 Å². The van der Waals surface area contributed by atoms with Crippen molar-refractivity contribution in [2.24, 2.45) is 0 Å². The molecule has 70 valence electrons. The van der Waals surface area contributed by atoms with Crippen LogP contribution in [0.3, 0.4) is 0 Å². The fraction of sp³-hybridized carbons (Fsp3) is 0.333. The number of hydrogen-bond donors (Lipinski definition) is 1. The molecule has 0 spiro atoms. The molecule has 0 fully saturated rings. The van der Waals surface area contributed by atoms with Crippen LogP contribution in [0, 0.1) is 6.92 Å². The summed E-state index contributed by atoms with van der Waals surface area (Å²) >= 11 is 0. The molecule has 1 N–H and O–H groups in total. The van der Waals surface area contributed by atoms with Crippen LogP contribution in [0.4, 0.5) is 0 Å². The number of nitrogens with one attached hydrogen (secondary N) is 1. The van der Waals surface area contributed by atoms with Crippen molar-refractivity contribution in [3.8, 4) is 0 Å². The average Bonchev–Trinajstić information content (AvgIpc) is 2.49. The quantitative estimate of drug-likeness (QED) is 0.563. The molecule has 4 nitrogen and oxygen atoms in total. The summed E-state index contributed by atoms with van der Waals surface area (Å²) < 4.78 is 4.71. The van der Waals surface area contributed by atoms with E-state index in [4.69, 9.17) is 4.74 Å². The van der Waals surface area contributed by atoms with E-state index in [1.54, 1.807) is 19.2 Å². The molecule has 0 radical (unpaired) electrons. The Kier molecular flexibility index (Phi) is 3.25. The molecule has 0 amide bonds. The monoisotopic (exact) mass is 180 g/mol. The van der Waals surface area contributed by atoms with Crippen LogP contribution in [0.2, 0.25) is 0 Å². The number of hydrogen-bond acceptors (Lipinski definition) is 3. The number of carbonyl (C=O) groups is 1. The smallest absolute Gasteiger partial charge is 0.330 e. The van der Waals surface area contributed by atoms with Gasteiger partial charge in [0.25, 0.3) is 0 Å². The van der Waals surface area contributed by atoms with Gasteiger partial charge in [0.1, 0.15) is 5.82 Å². The first-order valence-corrected chi connectivity index (χ1v) is 4.09. The number of H-pyrrole nitrogens is 1. The molecule has 1 aromatic heterocycles. The number of aromatic nitrogens is 2. The maximum atomic E-state index is 10.9. The molecule has 0 saturated carbocycles. The van der Waals surface area contributed by atoms with Gasteiger partial charge in [0.15, 0.2) is 0 Å². The van der Waals surface area contributed by atoms with Crippen LogP contribution in [0.5, 0.6) is 0 Å². The number of carbonyl (C=O) groups excluding carboxylic acids is 1. The van der Waals surface area contributed by atoms with Gasteiger partial charge in [-0.25, -0.2) is 9.78 Å². The summed E-state index contributed by atoms with van der Waals surface area (Å²) in [6, 6.07) is 0. The van der Waals surface area contributed by atoms with Crippen LogP contribution in [0.1, 0.15) is 18.4 Å². The molecule has 0 bridgehead atoms. The van der Waals surface area contributed by atoms with E-state index < -0.39 is 0 Å². The molecule has 0 unspecified atom stereocenters. The molecular formula is C9H12N2O2. The predicted octanol–water partition coefficient (Wildman–Crippen LogP) is 1.29. The minimum Gasteiger partial charge on any atom is -0.463 e. The van der Waals surface area contributed by atoms with Crippen LogP contribution in [-0.2, 0) is 9.53 Å². The maximum Gasteiger partial charge on any atom is 0.330 e. The van der Waals surface area contributed by atoms with Crippen molar-refractivity contribution < 1.29 is 9.53 Å². The molecule has 0 atom stereocenters. The summed E-state index contributed by atoms with van der Waals surface area (Å²) in [6.07, 6.45) is 4.67. The van der Waals surface area contributed by atoms with E-state index in [0.717, 1.165) is 11.5 Å². The lowest BCUT2D eigenvalue weighted by Crippen LogP contribution is -1.98. The van der Waals surface area contributed by atoms with Crippen LogP contribution in [0.15, 0.2) is 12.3 Å². The second-order valence-corrected chi connectivity index (χ2v) is 2.51. The van der Waals surface area contributed by atoms with Gasteiger partial charge in [-0.3, -0.25) is 0 Å². The first-order valence-electron chi connectivity index (χ1n) is 4.09. The van der Waals surface area contributed by atoms with Crippen molar-refractivity contribution in [2.45, 2.75) is 13.8 Å². The summed E-state index contributed by atoms with van der Waals surface area (Å²) in [7, 11) is 0. The zero-order valence-electron chi connectivity index (χ0n) is 7.70. The van der Waals surface area contributed by atoms with Crippen molar-refractivity contribution in [1.82, 2.24) is 9.97 Å². The largest absolute Gasteiger partial charge is 0.463 e. The van der Waals surface area contributed by atoms with Crippen LogP contribution in [-0.4, -0.2) is 22.5 Å².